The van der Waals surface area contributed by atoms with E-state index in [0.717, 1.165) is 11.3 Å². The molecule has 1 fully saturated rings. The summed E-state index contributed by atoms with van der Waals surface area (Å²) in [5, 5.41) is 4.71. The van der Waals surface area contributed by atoms with Crippen molar-refractivity contribution < 1.29 is 13.9 Å². The molecule has 28 heavy (non-hydrogen) atoms. The van der Waals surface area contributed by atoms with Crippen LogP contribution < -0.4 is 0 Å². The molecule has 0 radical (unpaired) electrons. The van der Waals surface area contributed by atoms with Crippen molar-refractivity contribution in [1.29, 1.82) is 0 Å². The molecule has 146 valence electrons. The summed E-state index contributed by atoms with van der Waals surface area (Å²) in [5.41, 5.74) is 4.29. The first-order valence-corrected chi connectivity index (χ1v) is 9.58. The van der Waals surface area contributed by atoms with Crippen molar-refractivity contribution in [2.45, 2.75) is 39.9 Å². The van der Waals surface area contributed by atoms with E-state index in [-0.39, 0.29) is 18.1 Å². The Hall–Kier alpha value is -2.86. The van der Waals surface area contributed by atoms with Crippen LogP contribution in [-0.2, 0) is 4.74 Å². The van der Waals surface area contributed by atoms with Crippen LogP contribution in [0, 0.1) is 13.8 Å². The molecule has 0 spiro atoms. The van der Waals surface area contributed by atoms with Gasteiger partial charge in [0.2, 0.25) is 0 Å². The van der Waals surface area contributed by atoms with Crippen molar-refractivity contribution in [2.75, 3.05) is 13.1 Å². The summed E-state index contributed by atoms with van der Waals surface area (Å²) in [6, 6.07) is 11.6. The average Bonchev–Trinajstić information content (AvgIpc) is 3.30. The molecule has 0 bridgehead atoms. The van der Waals surface area contributed by atoms with E-state index in [2.05, 4.69) is 13.0 Å². The lowest BCUT2D eigenvalue weighted by molar-refractivity contribution is -0.0588. The van der Waals surface area contributed by atoms with Gasteiger partial charge in [-0.3, -0.25) is 4.79 Å². The molecule has 1 amide bonds. The summed E-state index contributed by atoms with van der Waals surface area (Å²) in [4.78, 5) is 15.3. The summed E-state index contributed by atoms with van der Waals surface area (Å²) in [5.74, 6) is 0.591. The average molecular weight is 379 g/mol. The number of rotatable bonds is 3. The standard InChI is InChI=1S/C22H25N3O3/c1-14-7-8-19(15(2)10-14)25-20(11-18(23-25)21-6-5-9-27-21)22(26)24-12-16(3)28-17(4)13-24/h5-11,16-17H,12-13H2,1-4H3/t16-,17-/m1/s1. The molecule has 3 aromatic rings. The lowest BCUT2D eigenvalue weighted by Gasteiger charge is -2.35. The van der Waals surface area contributed by atoms with Crippen LogP contribution >= 0.6 is 0 Å². The topological polar surface area (TPSA) is 60.5 Å². The maximum Gasteiger partial charge on any atom is 0.272 e. The van der Waals surface area contributed by atoms with Gasteiger partial charge in [0.15, 0.2) is 5.76 Å². The van der Waals surface area contributed by atoms with Crippen LogP contribution in [0.5, 0.6) is 0 Å². The molecule has 6 nitrogen and oxygen atoms in total. The van der Waals surface area contributed by atoms with Gasteiger partial charge in [-0.05, 0) is 51.5 Å². The Labute approximate surface area is 164 Å². The van der Waals surface area contributed by atoms with Gasteiger partial charge < -0.3 is 14.1 Å². The number of carbonyl (C=O) groups is 1. The highest BCUT2D eigenvalue weighted by Crippen LogP contribution is 2.26. The SMILES string of the molecule is Cc1ccc(-n2nc(-c3ccco3)cc2C(=O)N2C[C@@H](C)O[C@H](C)C2)c(C)c1. The summed E-state index contributed by atoms with van der Waals surface area (Å²) < 4.78 is 13.0. The Bertz CT molecular complexity index is 981. The smallest absolute Gasteiger partial charge is 0.272 e. The van der Waals surface area contributed by atoms with Crippen LogP contribution in [0.25, 0.3) is 17.1 Å². The Balaban J connectivity index is 1.79. The first-order chi connectivity index (χ1) is 13.4. The predicted molar refractivity (Wildman–Crippen MR) is 107 cm³/mol. The van der Waals surface area contributed by atoms with Gasteiger partial charge in [0, 0.05) is 19.2 Å². The molecule has 2 atom stereocenters. The maximum absolute atomic E-state index is 13.4. The van der Waals surface area contributed by atoms with Crippen molar-refractivity contribution in [2.24, 2.45) is 0 Å². The van der Waals surface area contributed by atoms with Gasteiger partial charge in [0.1, 0.15) is 11.4 Å². The van der Waals surface area contributed by atoms with Crippen LogP contribution in [0.15, 0.2) is 47.1 Å². The number of ether oxygens (including phenoxy) is 1. The normalized spacial score (nSPS) is 19.8. The van der Waals surface area contributed by atoms with Crippen LogP contribution in [0.1, 0.15) is 35.5 Å². The number of amides is 1. The van der Waals surface area contributed by atoms with E-state index < -0.39 is 0 Å². The van der Waals surface area contributed by atoms with E-state index >= 15 is 0 Å². The minimum Gasteiger partial charge on any atom is -0.463 e. The molecule has 1 saturated heterocycles. The molecule has 1 aliphatic heterocycles. The van der Waals surface area contributed by atoms with Gasteiger partial charge in [-0.15, -0.1) is 0 Å². The van der Waals surface area contributed by atoms with E-state index in [4.69, 9.17) is 14.3 Å². The zero-order valence-electron chi connectivity index (χ0n) is 16.7. The number of hydrogen-bond acceptors (Lipinski definition) is 4. The Morgan fingerprint density at radius 3 is 2.50 bits per heavy atom. The van der Waals surface area contributed by atoms with Crippen molar-refractivity contribution in [1.82, 2.24) is 14.7 Å². The van der Waals surface area contributed by atoms with Crippen LogP contribution in [0.2, 0.25) is 0 Å². The third-order valence-electron chi connectivity index (χ3n) is 4.99. The fourth-order valence-electron chi connectivity index (χ4n) is 3.81. The molecule has 1 aliphatic rings. The lowest BCUT2D eigenvalue weighted by Crippen LogP contribution is -2.48. The van der Waals surface area contributed by atoms with Gasteiger partial charge >= 0.3 is 0 Å². The zero-order valence-corrected chi connectivity index (χ0v) is 16.7. The number of aryl methyl sites for hydroxylation is 2. The van der Waals surface area contributed by atoms with Gasteiger partial charge in [0.25, 0.3) is 5.91 Å². The number of carbonyl (C=O) groups excluding carboxylic acids is 1. The molecule has 2 aromatic heterocycles. The summed E-state index contributed by atoms with van der Waals surface area (Å²) >= 11 is 0. The largest absolute Gasteiger partial charge is 0.463 e. The number of aromatic nitrogens is 2. The molecular formula is C22H25N3O3. The van der Waals surface area contributed by atoms with E-state index in [9.17, 15) is 4.79 Å². The van der Waals surface area contributed by atoms with Crippen molar-refractivity contribution in [3.05, 3.63) is 59.5 Å². The highest BCUT2D eigenvalue weighted by atomic mass is 16.5. The minimum atomic E-state index is -0.0488. The quantitative estimate of drug-likeness (QED) is 0.690. The summed E-state index contributed by atoms with van der Waals surface area (Å²) in [6.45, 7) is 9.20. The number of morpholine rings is 1. The Morgan fingerprint density at radius 2 is 1.86 bits per heavy atom. The number of furan rings is 1. The molecule has 6 heteroatoms. The highest BCUT2D eigenvalue weighted by molar-refractivity contribution is 5.94. The van der Waals surface area contributed by atoms with Crippen LogP contribution in [0.3, 0.4) is 0 Å². The second kappa shape index (κ2) is 7.28. The second-order valence-corrected chi connectivity index (χ2v) is 7.56. The third kappa shape index (κ3) is 3.47. The molecule has 0 unspecified atom stereocenters. The van der Waals surface area contributed by atoms with Crippen LogP contribution in [0.4, 0.5) is 0 Å². The number of benzene rings is 1. The molecule has 3 heterocycles. The van der Waals surface area contributed by atoms with E-state index in [0.29, 0.717) is 30.2 Å². The Morgan fingerprint density at radius 1 is 1.11 bits per heavy atom. The third-order valence-corrected chi connectivity index (χ3v) is 4.99. The fourth-order valence-corrected chi connectivity index (χ4v) is 3.81. The molecular weight excluding hydrogens is 354 g/mol. The van der Waals surface area contributed by atoms with E-state index in [1.165, 1.54) is 5.56 Å². The van der Waals surface area contributed by atoms with E-state index in [1.54, 1.807) is 10.9 Å². The van der Waals surface area contributed by atoms with Crippen molar-refractivity contribution in [3.63, 3.8) is 0 Å². The number of nitrogens with zero attached hydrogens (tertiary/aromatic N) is 3. The van der Waals surface area contributed by atoms with Gasteiger partial charge in [0.05, 0.1) is 24.2 Å². The first kappa shape index (κ1) is 18.5. The zero-order chi connectivity index (χ0) is 19.8. The monoisotopic (exact) mass is 379 g/mol. The van der Waals surface area contributed by atoms with Crippen molar-refractivity contribution in [3.8, 4) is 17.1 Å². The lowest BCUT2D eigenvalue weighted by atomic mass is 10.1. The molecule has 0 saturated carbocycles. The molecule has 0 N–H and O–H groups in total. The number of hydrogen-bond donors (Lipinski definition) is 0. The molecule has 0 aliphatic carbocycles. The predicted octanol–water partition coefficient (Wildman–Crippen LogP) is 4.00. The highest BCUT2D eigenvalue weighted by Gasteiger charge is 2.30. The second-order valence-electron chi connectivity index (χ2n) is 7.56. The van der Waals surface area contributed by atoms with Gasteiger partial charge in [-0.1, -0.05) is 17.7 Å². The Kier molecular flexibility index (Phi) is 4.81. The van der Waals surface area contributed by atoms with E-state index in [1.807, 2.05) is 56.0 Å². The fraction of sp³-hybridized carbons (Fsp3) is 0.364. The van der Waals surface area contributed by atoms with Gasteiger partial charge in [-0.25, -0.2) is 4.68 Å². The van der Waals surface area contributed by atoms with Gasteiger partial charge in [-0.2, -0.15) is 5.10 Å². The summed E-state index contributed by atoms with van der Waals surface area (Å²) in [7, 11) is 0. The van der Waals surface area contributed by atoms with Crippen molar-refractivity contribution >= 4 is 5.91 Å². The molecule has 4 rings (SSSR count). The minimum absolute atomic E-state index is 0.00901. The first-order valence-electron chi connectivity index (χ1n) is 9.58. The van der Waals surface area contributed by atoms with Crippen LogP contribution in [-0.4, -0.2) is 45.9 Å². The maximum atomic E-state index is 13.4. The summed E-state index contributed by atoms with van der Waals surface area (Å²) in [6.07, 6.45) is 1.63. The molecule has 1 aromatic carbocycles.